The highest BCUT2D eigenvalue weighted by Crippen LogP contribution is 2.33. The zero-order valence-electron chi connectivity index (χ0n) is 9.00. The summed E-state index contributed by atoms with van der Waals surface area (Å²) in [4.78, 5) is 0. The van der Waals surface area contributed by atoms with Crippen molar-refractivity contribution in [2.75, 3.05) is 6.54 Å². The Labute approximate surface area is 104 Å². The van der Waals surface area contributed by atoms with Crippen LogP contribution in [0.3, 0.4) is 0 Å². The van der Waals surface area contributed by atoms with Gasteiger partial charge < -0.3 is 5.32 Å². The van der Waals surface area contributed by atoms with E-state index >= 15 is 0 Å². The minimum absolute atomic E-state index is 0.109. The van der Waals surface area contributed by atoms with Gasteiger partial charge in [0.05, 0.1) is 5.25 Å². The monoisotopic (exact) mass is 296 g/mol. The molecule has 9 heteroatoms. The van der Waals surface area contributed by atoms with Crippen molar-refractivity contribution in [2.45, 2.75) is 27.1 Å². The maximum atomic E-state index is 12.1. The number of primary sulfonamides is 1. The van der Waals surface area contributed by atoms with Gasteiger partial charge in [0.1, 0.15) is 8.42 Å². The molecule has 0 spiro atoms. The summed E-state index contributed by atoms with van der Waals surface area (Å²) in [5.41, 5.74) is 0.475. The van der Waals surface area contributed by atoms with E-state index in [4.69, 9.17) is 5.14 Å². The molecule has 0 radical (unpaired) electrons. The molecule has 0 fully saturated rings. The third kappa shape index (κ3) is 2.25. The largest absolute Gasteiger partial charge is 0.311 e. The van der Waals surface area contributed by atoms with Gasteiger partial charge >= 0.3 is 0 Å². The SMILES string of the molecule is CC1CNCc2cc(S(N)(=O)=O)sc2S1(=O)=O. The van der Waals surface area contributed by atoms with E-state index in [1.165, 1.54) is 6.07 Å². The number of fused-ring (bicyclic) bond motifs is 1. The fourth-order valence-corrected chi connectivity index (χ4v) is 5.85. The lowest BCUT2D eigenvalue weighted by atomic mass is 10.3. The van der Waals surface area contributed by atoms with Crippen LogP contribution in [0.4, 0.5) is 0 Å². The predicted octanol–water partition coefficient (Wildman–Crippen LogP) is -0.339. The van der Waals surface area contributed by atoms with Crippen LogP contribution < -0.4 is 10.5 Å². The first-order valence-electron chi connectivity index (χ1n) is 4.83. The minimum atomic E-state index is -3.85. The standard InChI is InChI=1S/C8H12N2O4S3/c1-5-3-10-4-6-2-7(17(9,13)14)15-8(6)16(5,11)12/h2,5,10H,3-4H2,1H3,(H2,9,13,14). The molecule has 0 amide bonds. The third-order valence-corrected chi connectivity index (χ3v) is 7.91. The first-order valence-corrected chi connectivity index (χ1v) is 8.74. The number of thiophene rings is 1. The Morgan fingerprint density at radius 3 is 2.76 bits per heavy atom. The Hall–Kier alpha value is -0.480. The summed E-state index contributed by atoms with van der Waals surface area (Å²) in [6.45, 7) is 2.28. The first-order chi connectivity index (χ1) is 7.73. The number of sulfonamides is 1. The topological polar surface area (TPSA) is 106 Å². The van der Waals surface area contributed by atoms with Gasteiger partial charge in [-0.25, -0.2) is 22.0 Å². The van der Waals surface area contributed by atoms with Crippen molar-refractivity contribution in [3.8, 4) is 0 Å². The van der Waals surface area contributed by atoms with Crippen LogP contribution in [0, 0.1) is 0 Å². The zero-order chi connectivity index (χ0) is 12.8. The molecule has 1 aliphatic heterocycles. The van der Waals surface area contributed by atoms with Crippen molar-refractivity contribution in [2.24, 2.45) is 5.14 Å². The van der Waals surface area contributed by atoms with E-state index in [1.807, 2.05) is 0 Å². The van der Waals surface area contributed by atoms with Crippen molar-refractivity contribution in [3.05, 3.63) is 11.6 Å². The molecule has 1 aromatic heterocycles. The molecule has 1 unspecified atom stereocenters. The molecule has 0 saturated heterocycles. The summed E-state index contributed by atoms with van der Waals surface area (Å²) < 4.78 is 46.6. The summed E-state index contributed by atoms with van der Waals surface area (Å²) in [5, 5.41) is 7.39. The molecule has 96 valence electrons. The average Bonchev–Trinajstić information content (AvgIpc) is 2.57. The lowest BCUT2D eigenvalue weighted by Crippen LogP contribution is -2.27. The second-order valence-corrected chi connectivity index (χ2v) is 9.31. The molecule has 2 rings (SSSR count). The summed E-state index contributed by atoms with van der Waals surface area (Å²) >= 11 is 0.725. The van der Waals surface area contributed by atoms with Crippen LogP contribution in [0.5, 0.6) is 0 Å². The van der Waals surface area contributed by atoms with E-state index < -0.39 is 25.1 Å². The summed E-state index contributed by atoms with van der Waals surface area (Å²) in [7, 11) is -7.31. The predicted molar refractivity (Wildman–Crippen MR) is 64.0 cm³/mol. The van der Waals surface area contributed by atoms with Crippen LogP contribution in [0.2, 0.25) is 0 Å². The quantitative estimate of drug-likeness (QED) is 0.737. The van der Waals surface area contributed by atoms with Crippen molar-refractivity contribution in [3.63, 3.8) is 0 Å². The molecule has 17 heavy (non-hydrogen) atoms. The molecule has 6 nitrogen and oxygen atoms in total. The lowest BCUT2D eigenvalue weighted by molar-refractivity contribution is 0.581. The third-order valence-electron chi connectivity index (χ3n) is 2.56. The molecule has 0 saturated carbocycles. The van der Waals surface area contributed by atoms with Gasteiger partial charge in [0.15, 0.2) is 9.84 Å². The number of nitrogens with one attached hydrogen (secondary N) is 1. The molecule has 0 aromatic carbocycles. The van der Waals surface area contributed by atoms with E-state index in [0.717, 1.165) is 11.3 Å². The van der Waals surface area contributed by atoms with E-state index in [9.17, 15) is 16.8 Å². The van der Waals surface area contributed by atoms with Crippen LogP contribution >= 0.6 is 11.3 Å². The highest BCUT2D eigenvalue weighted by Gasteiger charge is 2.32. The van der Waals surface area contributed by atoms with Gasteiger partial charge in [0.25, 0.3) is 0 Å². The van der Waals surface area contributed by atoms with Crippen molar-refractivity contribution >= 4 is 31.2 Å². The maximum Gasteiger partial charge on any atom is 0.247 e. The van der Waals surface area contributed by atoms with Gasteiger partial charge in [-0.2, -0.15) is 0 Å². The highest BCUT2D eigenvalue weighted by molar-refractivity contribution is 7.95. The fourth-order valence-electron chi connectivity index (χ4n) is 1.59. The summed E-state index contributed by atoms with van der Waals surface area (Å²) in [6.07, 6.45) is 0. The Morgan fingerprint density at radius 1 is 1.53 bits per heavy atom. The molecule has 0 aliphatic carbocycles. The lowest BCUT2D eigenvalue weighted by Gasteiger charge is -2.07. The van der Waals surface area contributed by atoms with Crippen LogP contribution in [0.1, 0.15) is 12.5 Å². The molecule has 0 bridgehead atoms. The smallest absolute Gasteiger partial charge is 0.247 e. The van der Waals surface area contributed by atoms with Gasteiger partial charge in [-0.05, 0) is 18.6 Å². The van der Waals surface area contributed by atoms with Gasteiger partial charge in [-0.1, -0.05) is 0 Å². The molecular weight excluding hydrogens is 284 g/mol. The van der Waals surface area contributed by atoms with Gasteiger partial charge in [-0.3, -0.25) is 0 Å². The second kappa shape index (κ2) is 4.02. The number of hydrogen-bond donors (Lipinski definition) is 2. The Bertz CT molecular complexity index is 644. The molecule has 1 atom stereocenters. The molecule has 3 N–H and O–H groups in total. The van der Waals surface area contributed by atoms with Gasteiger partial charge in [0.2, 0.25) is 10.0 Å². The Morgan fingerprint density at radius 2 is 2.18 bits per heavy atom. The molecule has 2 heterocycles. The van der Waals surface area contributed by atoms with Crippen LogP contribution in [-0.2, 0) is 26.4 Å². The number of rotatable bonds is 1. The van der Waals surface area contributed by atoms with E-state index in [-0.39, 0.29) is 8.42 Å². The molecule has 1 aliphatic rings. The highest BCUT2D eigenvalue weighted by atomic mass is 32.3. The van der Waals surface area contributed by atoms with Gasteiger partial charge in [0, 0.05) is 13.1 Å². The number of sulfone groups is 1. The van der Waals surface area contributed by atoms with Crippen molar-refractivity contribution in [1.29, 1.82) is 0 Å². The van der Waals surface area contributed by atoms with Crippen LogP contribution in [-0.4, -0.2) is 28.6 Å². The fraction of sp³-hybridized carbons (Fsp3) is 0.500. The first kappa shape index (κ1) is 13.0. The second-order valence-electron chi connectivity index (χ2n) is 3.91. The maximum absolute atomic E-state index is 12.1. The van der Waals surface area contributed by atoms with Crippen LogP contribution in [0.15, 0.2) is 14.5 Å². The van der Waals surface area contributed by atoms with E-state index in [2.05, 4.69) is 5.32 Å². The van der Waals surface area contributed by atoms with E-state index in [1.54, 1.807) is 6.92 Å². The van der Waals surface area contributed by atoms with Crippen LogP contribution in [0.25, 0.3) is 0 Å². The average molecular weight is 296 g/mol. The number of hydrogen-bond acceptors (Lipinski definition) is 6. The summed E-state index contributed by atoms with van der Waals surface area (Å²) in [5.74, 6) is 0. The Kier molecular flexibility index (Phi) is 3.07. The zero-order valence-corrected chi connectivity index (χ0v) is 11.5. The normalized spacial score (nSPS) is 24.0. The minimum Gasteiger partial charge on any atom is -0.311 e. The number of nitrogens with two attached hydrogens (primary N) is 1. The van der Waals surface area contributed by atoms with Crippen molar-refractivity contribution < 1.29 is 16.8 Å². The van der Waals surface area contributed by atoms with E-state index in [0.29, 0.717) is 18.7 Å². The molecule has 1 aromatic rings. The summed E-state index contributed by atoms with van der Waals surface area (Å²) in [6, 6.07) is 1.33. The Balaban J connectivity index is 2.66. The van der Waals surface area contributed by atoms with Crippen molar-refractivity contribution in [1.82, 2.24) is 5.32 Å². The molecular formula is C8H12N2O4S3. The van der Waals surface area contributed by atoms with Gasteiger partial charge in [-0.15, -0.1) is 11.3 Å².